The summed E-state index contributed by atoms with van der Waals surface area (Å²) < 4.78 is 3.93. The molecule has 0 atom stereocenters. The highest BCUT2D eigenvalue weighted by atomic mass is 16.1. The molecule has 2 aromatic heterocycles. The van der Waals surface area contributed by atoms with Crippen molar-refractivity contribution in [1.82, 2.24) is 14.1 Å². The Hall–Kier alpha value is -2.10. The van der Waals surface area contributed by atoms with Crippen LogP contribution in [0, 0.1) is 0 Å². The Labute approximate surface area is 136 Å². The third-order valence-electron chi connectivity index (χ3n) is 4.48. The molecule has 23 heavy (non-hydrogen) atoms. The molecule has 0 aliphatic carbocycles. The number of rotatable bonds is 6. The van der Waals surface area contributed by atoms with E-state index in [1.165, 1.54) is 19.3 Å². The summed E-state index contributed by atoms with van der Waals surface area (Å²) >= 11 is 0. The van der Waals surface area contributed by atoms with E-state index in [2.05, 4.69) is 31.8 Å². The maximum atomic E-state index is 13.1. The lowest BCUT2D eigenvalue weighted by Gasteiger charge is -2.13. The number of aromatic nitrogens is 3. The molecule has 3 rings (SSSR count). The van der Waals surface area contributed by atoms with Gasteiger partial charge in [0.1, 0.15) is 11.0 Å². The van der Waals surface area contributed by atoms with Gasteiger partial charge >= 0.3 is 0 Å². The molecule has 0 saturated heterocycles. The predicted octanol–water partition coefficient (Wildman–Crippen LogP) is 4.51. The fourth-order valence-corrected chi connectivity index (χ4v) is 3.23. The summed E-state index contributed by atoms with van der Waals surface area (Å²) in [5.74, 6) is 0. The molecule has 0 aliphatic rings. The first-order chi connectivity index (χ1) is 11.1. The van der Waals surface area contributed by atoms with Crippen LogP contribution >= 0.6 is 0 Å². The van der Waals surface area contributed by atoms with Gasteiger partial charge in [0.25, 0.3) is 5.56 Å². The molecule has 122 valence electrons. The van der Waals surface area contributed by atoms with E-state index in [9.17, 15) is 4.79 Å². The van der Waals surface area contributed by atoms with E-state index in [0.29, 0.717) is 0 Å². The van der Waals surface area contributed by atoms with Gasteiger partial charge in [-0.2, -0.15) is 0 Å². The SMILES string of the molecule is CCCCCCn1c(=O)c2c(ncn2C(C)C)c2ccccc21. The monoisotopic (exact) mass is 311 g/mol. The van der Waals surface area contributed by atoms with E-state index < -0.39 is 0 Å². The van der Waals surface area contributed by atoms with Gasteiger partial charge in [0.2, 0.25) is 0 Å². The van der Waals surface area contributed by atoms with Gasteiger partial charge in [0.15, 0.2) is 0 Å². The van der Waals surface area contributed by atoms with Crippen LogP contribution in [0.25, 0.3) is 21.9 Å². The van der Waals surface area contributed by atoms with Crippen molar-refractivity contribution in [1.29, 1.82) is 0 Å². The molecule has 4 heteroatoms. The van der Waals surface area contributed by atoms with Crippen molar-refractivity contribution in [2.24, 2.45) is 0 Å². The van der Waals surface area contributed by atoms with Crippen LogP contribution in [0.4, 0.5) is 0 Å². The lowest BCUT2D eigenvalue weighted by Crippen LogP contribution is -2.23. The minimum absolute atomic E-state index is 0.0846. The second-order valence-electron chi connectivity index (χ2n) is 6.48. The van der Waals surface area contributed by atoms with E-state index in [1.54, 1.807) is 6.33 Å². The second kappa shape index (κ2) is 6.57. The van der Waals surface area contributed by atoms with Crippen LogP contribution in [-0.2, 0) is 6.54 Å². The first kappa shape index (κ1) is 15.8. The van der Waals surface area contributed by atoms with Crippen molar-refractivity contribution in [2.45, 2.75) is 59.0 Å². The Morgan fingerprint density at radius 1 is 1.13 bits per heavy atom. The van der Waals surface area contributed by atoms with Crippen molar-refractivity contribution in [3.05, 3.63) is 40.9 Å². The summed E-state index contributed by atoms with van der Waals surface area (Å²) in [4.78, 5) is 17.6. The molecule has 0 radical (unpaired) electrons. The normalized spacial score (nSPS) is 11.8. The zero-order valence-electron chi connectivity index (χ0n) is 14.2. The molecule has 2 heterocycles. The standard InChI is InChI=1S/C19H25N3O/c1-4-5-6-9-12-21-16-11-8-7-10-15(16)17-18(19(21)23)22(13-20-17)14(2)3/h7-8,10-11,13-14H,4-6,9,12H2,1-3H3. The van der Waals surface area contributed by atoms with Crippen LogP contribution in [0.1, 0.15) is 52.5 Å². The zero-order chi connectivity index (χ0) is 16.4. The highest BCUT2D eigenvalue weighted by Crippen LogP contribution is 2.23. The third-order valence-corrected chi connectivity index (χ3v) is 4.48. The summed E-state index contributed by atoms with van der Waals surface area (Å²) in [6.45, 7) is 7.15. The maximum absolute atomic E-state index is 13.1. The van der Waals surface area contributed by atoms with Crippen LogP contribution in [-0.4, -0.2) is 14.1 Å². The van der Waals surface area contributed by atoms with Gasteiger partial charge in [-0.15, -0.1) is 0 Å². The smallest absolute Gasteiger partial charge is 0.277 e. The van der Waals surface area contributed by atoms with E-state index in [1.807, 2.05) is 27.3 Å². The van der Waals surface area contributed by atoms with E-state index in [0.717, 1.165) is 34.9 Å². The van der Waals surface area contributed by atoms with Gasteiger partial charge in [-0.3, -0.25) is 4.79 Å². The summed E-state index contributed by atoms with van der Waals surface area (Å²) in [5, 5.41) is 1.07. The number of imidazole rings is 1. The van der Waals surface area contributed by atoms with Crippen LogP contribution in [0.15, 0.2) is 35.4 Å². The number of nitrogens with zero attached hydrogens (tertiary/aromatic N) is 3. The van der Waals surface area contributed by atoms with Gasteiger partial charge in [-0.25, -0.2) is 4.98 Å². The molecular weight excluding hydrogens is 286 g/mol. The molecule has 0 saturated carbocycles. The lowest BCUT2D eigenvalue weighted by molar-refractivity contribution is 0.578. The lowest BCUT2D eigenvalue weighted by atomic mass is 10.1. The minimum atomic E-state index is 0.0846. The first-order valence-electron chi connectivity index (χ1n) is 8.63. The molecule has 0 unspecified atom stereocenters. The number of aryl methyl sites for hydroxylation is 1. The van der Waals surface area contributed by atoms with Crippen molar-refractivity contribution in [3.63, 3.8) is 0 Å². The van der Waals surface area contributed by atoms with Crippen molar-refractivity contribution in [3.8, 4) is 0 Å². The molecule has 1 aromatic carbocycles. The molecule has 0 bridgehead atoms. The average molecular weight is 311 g/mol. The number of pyridine rings is 1. The Morgan fingerprint density at radius 3 is 2.65 bits per heavy atom. The Kier molecular flexibility index (Phi) is 4.51. The Balaban J connectivity index is 2.21. The van der Waals surface area contributed by atoms with E-state index in [-0.39, 0.29) is 11.6 Å². The van der Waals surface area contributed by atoms with E-state index >= 15 is 0 Å². The van der Waals surface area contributed by atoms with Crippen LogP contribution < -0.4 is 5.56 Å². The number of hydrogen-bond donors (Lipinski definition) is 0. The van der Waals surface area contributed by atoms with Crippen molar-refractivity contribution in [2.75, 3.05) is 0 Å². The number of unbranched alkanes of at least 4 members (excludes halogenated alkanes) is 3. The molecular formula is C19H25N3O. The van der Waals surface area contributed by atoms with Gasteiger partial charge in [-0.1, -0.05) is 44.4 Å². The topological polar surface area (TPSA) is 39.8 Å². The largest absolute Gasteiger partial charge is 0.323 e. The van der Waals surface area contributed by atoms with Crippen molar-refractivity contribution < 1.29 is 0 Å². The Bertz CT molecular complexity index is 873. The van der Waals surface area contributed by atoms with Gasteiger partial charge < -0.3 is 9.13 Å². The third kappa shape index (κ3) is 2.78. The number of benzene rings is 1. The fourth-order valence-electron chi connectivity index (χ4n) is 3.23. The highest BCUT2D eigenvalue weighted by Gasteiger charge is 2.16. The molecule has 0 spiro atoms. The molecule has 0 N–H and O–H groups in total. The van der Waals surface area contributed by atoms with E-state index in [4.69, 9.17) is 0 Å². The summed E-state index contributed by atoms with van der Waals surface area (Å²) in [7, 11) is 0. The second-order valence-corrected chi connectivity index (χ2v) is 6.48. The van der Waals surface area contributed by atoms with Gasteiger partial charge in [0.05, 0.1) is 11.8 Å². The average Bonchev–Trinajstić information content (AvgIpc) is 3.00. The summed E-state index contributed by atoms with van der Waals surface area (Å²) in [5.41, 5.74) is 2.63. The van der Waals surface area contributed by atoms with Crippen LogP contribution in [0.3, 0.4) is 0 Å². The summed E-state index contributed by atoms with van der Waals surface area (Å²) in [6.07, 6.45) is 6.43. The van der Waals surface area contributed by atoms with Crippen LogP contribution in [0.5, 0.6) is 0 Å². The molecule has 0 amide bonds. The molecule has 4 nitrogen and oxygen atoms in total. The van der Waals surface area contributed by atoms with Gasteiger partial charge in [-0.05, 0) is 26.3 Å². The maximum Gasteiger partial charge on any atom is 0.277 e. The molecule has 3 aromatic rings. The molecule has 0 aliphatic heterocycles. The number of fused-ring (bicyclic) bond motifs is 3. The van der Waals surface area contributed by atoms with Crippen molar-refractivity contribution >= 4 is 21.9 Å². The highest BCUT2D eigenvalue weighted by molar-refractivity contribution is 6.02. The predicted molar refractivity (Wildman–Crippen MR) is 96.0 cm³/mol. The van der Waals surface area contributed by atoms with Gasteiger partial charge in [0, 0.05) is 18.0 Å². The quantitative estimate of drug-likeness (QED) is 0.628. The zero-order valence-corrected chi connectivity index (χ0v) is 14.2. The minimum Gasteiger partial charge on any atom is -0.323 e. The van der Waals surface area contributed by atoms with Crippen LogP contribution in [0.2, 0.25) is 0 Å². The first-order valence-corrected chi connectivity index (χ1v) is 8.63. The fraction of sp³-hybridized carbons (Fsp3) is 0.474. The Morgan fingerprint density at radius 2 is 1.91 bits per heavy atom. The summed E-state index contributed by atoms with van der Waals surface area (Å²) in [6, 6.07) is 8.33. The molecule has 0 fully saturated rings. The number of para-hydroxylation sites is 1. The number of hydrogen-bond acceptors (Lipinski definition) is 2.